The third-order valence-corrected chi connectivity index (χ3v) is 5.67. The molecule has 7 nitrogen and oxygen atoms in total. The fourth-order valence-electron chi connectivity index (χ4n) is 3.93. The quantitative estimate of drug-likeness (QED) is 0.297. The first-order chi connectivity index (χ1) is 17.0. The van der Waals surface area contributed by atoms with Gasteiger partial charge in [0.1, 0.15) is 28.5 Å². The highest BCUT2D eigenvalue weighted by Crippen LogP contribution is 2.32. The molecule has 0 aliphatic rings. The first kappa shape index (κ1) is 22.3. The standard InChI is InChI=1S/C27H24FN5O2/c1-2-3-15-35-20-13-11-19(12-14-20)33-25(29)23(27(34)30-18-8-6-7-17(28)16-18)24-26(33)32-22-10-5-4-9-21(22)31-24/h4-14,16H,2-3,15,29H2,1H3,(H,30,34). The van der Waals surface area contributed by atoms with Gasteiger partial charge in [-0.25, -0.2) is 14.4 Å². The van der Waals surface area contributed by atoms with Gasteiger partial charge in [-0.05, 0) is 61.0 Å². The van der Waals surface area contributed by atoms with Crippen LogP contribution in [0.15, 0.2) is 72.8 Å². The number of fused-ring (bicyclic) bond motifs is 2. The summed E-state index contributed by atoms with van der Waals surface area (Å²) in [7, 11) is 0. The number of rotatable bonds is 7. The van der Waals surface area contributed by atoms with Gasteiger partial charge in [0.2, 0.25) is 0 Å². The van der Waals surface area contributed by atoms with E-state index in [1.54, 1.807) is 10.6 Å². The van der Waals surface area contributed by atoms with Gasteiger partial charge >= 0.3 is 0 Å². The van der Waals surface area contributed by atoms with Crippen molar-refractivity contribution in [1.82, 2.24) is 14.5 Å². The number of hydrogen-bond donors (Lipinski definition) is 2. The Hall–Kier alpha value is -4.46. The van der Waals surface area contributed by atoms with Crippen LogP contribution in [0, 0.1) is 5.82 Å². The highest BCUT2D eigenvalue weighted by Gasteiger charge is 2.25. The number of nitrogen functional groups attached to an aromatic ring is 1. The van der Waals surface area contributed by atoms with Crippen LogP contribution in [0.5, 0.6) is 5.75 Å². The Balaban J connectivity index is 1.63. The number of hydrogen-bond acceptors (Lipinski definition) is 5. The number of amides is 1. The Morgan fingerprint density at radius 2 is 1.77 bits per heavy atom. The molecular weight excluding hydrogens is 445 g/mol. The van der Waals surface area contributed by atoms with Crippen LogP contribution in [-0.4, -0.2) is 27.0 Å². The number of anilines is 2. The second kappa shape index (κ2) is 9.42. The van der Waals surface area contributed by atoms with Gasteiger partial charge in [-0.1, -0.05) is 31.5 Å². The average molecular weight is 470 g/mol. The molecule has 0 spiro atoms. The van der Waals surface area contributed by atoms with E-state index in [4.69, 9.17) is 20.4 Å². The molecule has 2 aromatic heterocycles. The minimum Gasteiger partial charge on any atom is -0.494 e. The first-order valence-corrected chi connectivity index (χ1v) is 11.4. The zero-order valence-corrected chi connectivity index (χ0v) is 19.2. The number of benzene rings is 3. The number of para-hydroxylation sites is 2. The summed E-state index contributed by atoms with van der Waals surface area (Å²) in [5.74, 6) is -0.0205. The number of halogens is 1. The van der Waals surface area contributed by atoms with Crippen molar-refractivity contribution < 1.29 is 13.9 Å². The van der Waals surface area contributed by atoms with Crippen molar-refractivity contribution in [2.75, 3.05) is 17.7 Å². The number of ether oxygens (including phenoxy) is 1. The minimum atomic E-state index is -0.499. The molecule has 5 aromatic rings. The minimum absolute atomic E-state index is 0.172. The van der Waals surface area contributed by atoms with E-state index >= 15 is 0 Å². The zero-order valence-electron chi connectivity index (χ0n) is 19.2. The normalized spacial score (nSPS) is 11.1. The van der Waals surface area contributed by atoms with Crippen LogP contribution in [0.1, 0.15) is 30.1 Å². The second-order valence-electron chi connectivity index (χ2n) is 8.14. The Labute approximate surface area is 201 Å². The number of carbonyl (C=O) groups is 1. The maximum atomic E-state index is 13.7. The van der Waals surface area contributed by atoms with E-state index in [0.717, 1.165) is 18.6 Å². The van der Waals surface area contributed by atoms with Gasteiger partial charge in [0.15, 0.2) is 5.65 Å². The number of nitrogens with two attached hydrogens (primary N) is 1. The monoisotopic (exact) mass is 469 g/mol. The Morgan fingerprint density at radius 1 is 1.03 bits per heavy atom. The lowest BCUT2D eigenvalue weighted by molar-refractivity contribution is 0.102. The van der Waals surface area contributed by atoms with E-state index in [9.17, 15) is 9.18 Å². The fraction of sp³-hybridized carbons (Fsp3) is 0.148. The molecule has 35 heavy (non-hydrogen) atoms. The molecule has 5 rings (SSSR count). The van der Waals surface area contributed by atoms with E-state index < -0.39 is 11.7 Å². The lowest BCUT2D eigenvalue weighted by Gasteiger charge is -2.10. The van der Waals surface area contributed by atoms with Gasteiger partial charge in [-0.3, -0.25) is 9.36 Å². The molecule has 0 fully saturated rings. The lowest BCUT2D eigenvalue weighted by Crippen LogP contribution is -2.14. The van der Waals surface area contributed by atoms with Gasteiger partial charge in [-0.15, -0.1) is 0 Å². The van der Waals surface area contributed by atoms with E-state index in [0.29, 0.717) is 40.2 Å². The molecule has 0 saturated heterocycles. The van der Waals surface area contributed by atoms with Gasteiger partial charge in [0.05, 0.1) is 17.6 Å². The summed E-state index contributed by atoms with van der Waals surface area (Å²) in [6.07, 6.45) is 2.03. The van der Waals surface area contributed by atoms with Crippen molar-refractivity contribution in [3.8, 4) is 11.4 Å². The summed E-state index contributed by atoms with van der Waals surface area (Å²) < 4.78 is 21.1. The number of nitrogens with zero attached hydrogens (tertiary/aromatic N) is 3. The van der Waals surface area contributed by atoms with Gasteiger partial charge in [-0.2, -0.15) is 0 Å². The molecule has 2 heterocycles. The Bertz CT molecular complexity index is 1530. The van der Waals surface area contributed by atoms with Crippen LogP contribution in [0.3, 0.4) is 0 Å². The molecule has 1 amide bonds. The predicted molar refractivity (Wildman–Crippen MR) is 136 cm³/mol. The van der Waals surface area contributed by atoms with Crippen molar-refractivity contribution in [2.24, 2.45) is 0 Å². The van der Waals surface area contributed by atoms with Crippen LogP contribution in [-0.2, 0) is 0 Å². The summed E-state index contributed by atoms with van der Waals surface area (Å²) >= 11 is 0. The van der Waals surface area contributed by atoms with Gasteiger partial charge in [0.25, 0.3) is 5.91 Å². The molecule has 0 unspecified atom stereocenters. The molecular formula is C27H24FN5O2. The van der Waals surface area contributed by atoms with Crippen LogP contribution in [0.25, 0.3) is 27.9 Å². The maximum Gasteiger partial charge on any atom is 0.261 e. The number of carbonyl (C=O) groups excluding carboxylic acids is 1. The molecule has 8 heteroatoms. The summed E-state index contributed by atoms with van der Waals surface area (Å²) in [6.45, 7) is 2.76. The SMILES string of the molecule is CCCCOc1ccc(-n2c(N)c(C(=O)Nc3cccc(F)c3)c3nc4ccccc4nc32)cc1. The van der Waals surface area contributed by atoms with E-state index in [1.165, 1.54) is 18.2 Å². The molecule has 0 radical (unpaired) electrons. The van der Waals surface area contributed by atoms with E-state index in [-0.39, 0.29) is 11.4 Å². The predicted octanol–water partition coefficient (Wildman–Crippen LogP) is 5.73. The Kier molecular flexibility index (Phi) is 6.01. The highest BCUT2D eigenvalue weighted by molar-refractivity contribution is 6.16. The van der Waals surface area contributed by atoms with E-state index in [2.05, 4.69) is 12.2 Å². The van der Waals surface area contributed by atoms with Crippen LogP contribution < -0.4 is 15.8 Å². The van der Waals surface area contributed by atoms with Crippen molar-refractivity contribution in [3.05, 3.63) is 84.2 Å². The second-order valence-corrected chi connectivity index (χ2v) is 8.14. The zero-order chi connectivity index (χ0) is 24.4. The topological polar surface area (TPSA) is 95.1 Å². The van der Waals surface area contributed by atoms with Crippen molar-refractivity contribution in [1.29, 1.82) is 0 Å². The van der Waals surface area contributed by atoms with Crippen LogP contribution in [0.2, 0.25) is 0 Å². The number of nitrogens with one attached hydrogen (secondary N) is 1. The molecule has 176 valence electrons. The lowest BCUT2D eigenvalue weighted by atomic mass is 10.2. The molecule has 3 N–H and O–H groups in total. The third kappa shape index (κ3) is 4.38. The molecule has 3 aromatic carbocycles. The molecule has 0 aliphatic carbocycles. The highest BCUT2D eigenvalue weighted by atomic mass is 19.1. The Morgan fingerprint density at radius 3 is 2.49 bits per heavy atom. The van der Waals surface area contributed by atoms with E-state index in [1.807, 2.05) is 48.5 Å². The largest absolute Gasteiger partial charge is 0.494 e. The van der Waals surface area contributed by atoms with Crippen molar-refractivity contribution in [2.45, 2.75) is 19.8 Å². The summed E-state index contributed by atoms with van der Waals surface area (Å²) in [5.41, 5.74) is 9.87. The molecule has 0 bridgehead atoms. The summed E-state index contributed by atoms with van der Waals surface area (Å²) in [4.78, 5) is 22.8. The smallest absolute Gasteiger partial charge is 0.261 e. The first-order valence-electron chi connectivity index (χ1n) is 11.4. The molecule has 0 aliphatic heterocycles. The van der Waals surface area contributed by atoms with Crippen molar-refractivity contribution in [3.63, 3.8) is 0 Å². The third-order valence-electron chi connectivity index (χ3n) is 5.67. The van der Waals surface area contributed by atoms with Gasteiger partial charge < -0.3 is 15.8 Å². The summed E-state index contributed by atoms with van der Waals surface area (Å²) in [6, 6.07) is 20.5. The number of aromatic nitrogens is 3. The van der Waals surface area contributed by atoms with Gasteiger partial charge in [0, 0.05) is 11.4 Å². The van der Waals surface area contributed by atoms with Crippen LogP contribution in [0.4, 0.5) is 15.9 Å². The fourth-order valence-corrected chi connectivity index (χ4v) is 3.93. The van der Waals surface area contributed by atoms with Crippen molar-refractivity contribution >= 4 is 39.6 Å². The molecule has 0 saturated carbocycles. The van der Waals surface area contributed by atoms with Crippen LogP contribution >= 0.6 is 0 Å². The maximum absolute atomic E-state index is 13.7. The average Bonchev–Trinajstić information content (AvgIpc) is 3.14. The summed E-state index contributed by atoms with van der Waals surface area (Å²) in [5, 5.41) is 2.72. The number of unbranched alkanes of at least 4 members (excludes halogenated alkanes) is 1. The molecule has 0 atom stereocenters.